The number of hydrogen-bond acceptors (Lipinski definition) is 3. The van der Waals surface area contributed by atoms with Crippen molar-refractivity contribution in [2.24, 2.45) is 0 Å². The van der Waals surface area contributed by atoms with Crippen molar-refractivity contribution in [2.75, 3.05) is 18.9 Å². The minimum absolute atomic E-state index is 0.0208. The first kappa shape index (κ1) is 17.7. The second-order valence-corrected chi connectivity index (χ2v) is 6.78. The maximum Gasteiger partial charge on any atom is 0.230 e. The van der Waals surface area contributed by atoms with Crippen molar-refractivity contribution in [2.45, 2.75) is 12.2 Å². The van der Waals surface area contributed by atoms with E-state index in [0.29, 0.717) is 18.9 Å². The molecule has 1 N–H and O–H groups in total. The summed E-state index contributed by atoms with van der Waals surface area (Å²) in [6.07, 6.45) is 0. The lowest BCUT2D eigenvalue weighted by Gasteiger charge is -2.12. The zero-order valence-electron chi connectivity index (χ0n) is 13.0. The van der Waals surface area contributed by atoms with Crippen LogP contribution >= 0.6 is 23.4 Å². The van der Waals surface area contributed by atoms with E-state index in [1.165, 1.54) is 5.56 Å². The van der Waals surface area contributed by atoms with Gasteiger partial charge in [0.25, 0.3) is 0 Å². The summed E-state index contributed by atoms with van der Waals surface area (Å²) in [5, 5.41) is 3.84. The molecule has 0 aliphatic rings. The second-order valence-electron chi connectivity index (χ2n) is 5.02. The molecule has 0 radical (unpaired) electrons. The average molecular weight is 350 g/mol. The highest BCUT2D eigenvalue weighted by Gasteiger charge is 2.09. The smallest absolute Gasteiger partial charge is 0.230 e. The molecule has 1 atom stereocenters. The predicted molar refractivity (Wildman–Crippen MR) is 97.3 cm³/mol. The molecule has 0 bridgehead atoms. The van der Waals surface area contributed by atoms with Crippen LogP contribution in [0.15, 0.2) is 54.6 Å². The highest BCUT2D eigenvalue weighted by atomic mass is 35.5. The molecule has 2 aromatic carbocycles. The zero-order chi connectivity index (χ0) is 16.5. The quantitative estimate of drug-likeness (QED) is 0.721. The first-order valence-corrected chi connectivity index (χ1v) is 8.89. The molecule has 3 nitrogen and oxygen atoms in total. The summed E-state index contributed by atoms with van der Waals surface area (Å²) in [7, 11) is 0. The van der Waals surface area contributed by atoms with Crippen LogP contribution in [-0.4, -0.2) is 24.8 Å². The fraction of sp³-hybridized carbons (Fsp3) is 0.278. The first-order chi connectivity index (χ1) is 11.1. The Morgan fingerprint density at radius 2 is 1.87 bits per heavy atom. The normalized spacial score (nSPS) is 11.7. The molecule has 0 fully saturated rings. The van der Waals surface area contributed by atoms with Crippen LogP contribution in [0.3, 0.4) is 0 Å². The van der Waals surface area contributed by atoms with E-state index >= 15 is 0 Å². The lowest BCUT2D eigenvalue weighted by molar-refractivity contribution is -0.118. The van der Waals surface area contributed by atoms with Gasteiger partial charge in [0, 0.05) is 10.3 Å². The van der Waals surface area contributed by atoms with E-state index in [4.69, 9.17) is 16.3 Å². The molecule has 0 spiro atoms. The first-order valence-electron chi connectivity index (χ1n) is 7.47. The van der Waals surface area contributed by atoms with Gasteiger partial charge in [-0.25, -0.2) is 0 Å². The third kappa shape index (κ3) is 6.55. The van der Waals surface area contributed by atoms with Crippen molar-refractivity contribution in [1.82, 2.24) is 5.32 Å². The summed E-state index contributed by atoms with van der Waals surface area (Å²) < 4.78 is 5.53. The van der Waals surface area contributed by atoms with Crippen molar-refractivity contribution in [1.29, 1.82) is 0 Å². The zero-order valence-corrected chi connectivity index (χ0v) is 14.6. The van der Waals surface area contributed by atoms with E-state index < -0.39 is 0 Å². The van der Waals surface area contributed by atoms with Gasteiger partial charge in [-0.15, -0.1) is 11.8 Å². The molecule has 2 aromatic rings. The number of carbonyl (C=O) groups is 1. The molecule has 1 amide bonds. The lowest BCUT2D eigenvalue weighted by Crippen LogP contribution is -2.29. The Labute approximate surface area is 146 Å². The number of amides is 1. The van der Waals surface area contributed by atoms with Crippen molar-refractivity contribution in [3.8, 4) is 5.75 Å². The predicted octanol–water partition coefficient (Wildman–Crippen LogP) is 4.33. The SMILES string of the molecule is CC(SCC(=O)NCCOc1ccccc1)c1ccc(Cl)cc1. The van der Waals surface area contributed by atoms with E-state index in [2.05, 4.69) is 12.2 Å². The van der Waals surface area contributed by atoms with Crippen molar-refractivity contribution in [3.05, 3.63) is 65.2 Å². The summed E-state index contributed by atoms with van der Waals surface area (Å²) >= 11 is 7.48. The fourth-order valence-electron chi connectivity index (χ4n) is 1.96. The van der Waals surface area contributed by atoms with Crippen molar-refractivity contribution in [3.63, 3.8) is 0 Å². The summed E-state index contributed by atoms with van der Waals surface area (Å²) in [5.74, 6) is 1.26. The van der Waals surface area contributed by atoms with Gasteiger partial charge in [-0.1, -0.05) is 41.9 Å². The Balaban J connectivity index is 1.62. The second kappa shape index (κ2) is 9.48. The lowest BCUT2D eigenvalue weighted by atomic mass is 10.2. The maximum atomic E-state index is 11.8. The van der Waals surface area contributed by atoms with Crippen LogP contribution in [0.1, 0.15) is 17.7 Å². The summed E-state index contributed by atoms with van der Waals surface area (Å²) in [6, 6.07) is 17.3. The van der Waals surface area contributed by atoms with Crippen LogP contribution in [0.25, 0.3) is 0 Å². The number of thioether (sulfide) groups is 1. The third-order valence-corrected chi connectivity index (χ3v) is 4.69. The van der Waals surface area contributed by atoms with Gasteiger partial charge in [0.2, 0.25) is 5.91 Å². The number of rotatable bonds is 8. The number of carbonyl (C=O) groups excluding carboxylic acids is 1. The van der Waals surface area contributed by atoms with Crippen LogP contribution < -0.4 is 10.1 Å². The molecule has 23 heavy (non-hydrogen) atoms. The van der Waals surface area contributed by atoms with Crippen LogP contribution in [0.4, 0.5) is 0 Å². The van der Waals surface area contributed by atoms with Crippen molar-refractivity contribution >= 4 is 29.3 Å². The molecule has 2 rings (SSSR count). The topological polar surface area (TPSA) is 38.3 Å². The molecule has 0 saturated heterocycles. The standard InChI is InChI=1S/C18H20ClNO2S/c1-14(15-7-9-16(19)10-8-15)23-13-18(21)20-11-12-22-17-5-3-2-4-6-17/h2-10,14H,11-13H2,1H3,(H,20,21). The minimum atomic E-state index is 0.0208. The largest absolute Gasteiger partial charge is 0.492 e. The number of ether oxygens (including phenoxy) is 1. The Bertz CT molecular complexity index is 604. The molecule has 122 valence electrons. The van der Waals surface area contributed by atoms with Crippen LogP contribution in [-0.2, 0) is 4.79 Å². The Morgan fingerprint density at radius 1 is 1.17 bits per heavy atom. The van der Waals surface area contributed by atoms with E-state index in [0.717, 1.165) is 10.8 Å². The molecule has 5 heteroatoms. The van der Waals surface area contributed by atoms with Gasteiger partial charge in [0.05, 0.1) is 12.3 Å². The molecule has 0 heterocycles. The number of hydrogen-bond donors (Lipinski definition) is 1. The monoisotopic (exact) mass is 349 g/mol. The highest BCUT2D eigenvalue weighted by molar-refractivity contribution is 8.00. The fourth-order valence-corrected chi connectivity index (χ4v) is 2.94. The summed E-state index contributed by atoms with van der Waals surface area (Å²) in [6.45, 7) is 3.05. The average Bonchev–Trinajstić information content (AvgIpc) is 2.58. The van der Waals surface area contributed by atoms with Crippen LogP contribution in [0, 0.1) is 0 Å². The molecule has 0 saturated carbocycles. The number of halogens is 1. The molecule has 0 aliphatic carbocycles. The number of para-hydroxylation sites is 1. The molecule has 0 aliphatic heterocycles. The minimum Gasteiger partial charge on any atom is -0.492 e. The van der Waals surface area contributed by atoms with Gasteiger partial charge in [-0.05, 0) is 36.8 Å². The van der Waals surface area contributed by atoms with Gasteiger partial charge in [0.15, 0.2) is 0 Å². The van der Waals surface area contributed by atoms with Gasteiger partial charge >= 0.3 is 0 Å². The Kier molecular flexibility index (Phi) is 7.30. The Hall–Kier alpha value is -1.65. The highest BCUT2D eigenvalue weighted by Crippen LogP contribution is 2.28. The van der Waals surface area contributed by atoms with Gasteiger partial charge < -0.3 is 10.1 Å². The molecular weight excluding hydrogens is 330 g/mol. The van der Waals surface area contributed by atoms with E-state index in [1.54, 1.807) is 11.8 Å². The van der Waals surface area contributed by atoms with Gasteiger partial charge in [-0.3, -0.25) is 4.79 Å². The van der Waals surface area contributed by atoms with Crippen LogP contribution in [0.5, 0.6) is 5.75 Å². The van der Waals surface area contributed by atoms with Gasteiger partial charge in [0.1, 0.15) is 12.4 Å². The molecule has 1 unspecified atom stereocenters. The third-order valence-electron chi connectivity index (χ3n) is 3.24. The van der Waals surface area contributed by atoms with Gasteiger partial charge in [-0.2, -0.15) is 0 Å². The van der Waals surface area contributed by atoms with Crippen LogP contribution in [0.2, 0.25) is 5.02 Å². The number of nitrogens with one attached hydrogen (secondary N) is 1. The molecule has 0 aromatic heterocycles. The van der Waals surface area contributed by atoms with E-state index in [-0.39, 0.29) is 11.2 Å². The Morgan fingerprint density at radius 3 is 2.57 bits per heavy atom. The van der Waals surface area contributed by atoms with E-state index in [1.807, 2.05) is 54.6 Å². The maximum absolute atomic E-state index is 11.8. The van der Waals surface area contributed by atoms with E-state index in [9.17, 15) is 4.79 Å². The summed E-state index contributed by atoms with van der Waals surface area (Å²) in [5.41, 5.74) is 1.17. The van der Waals surface area contributed by atoms with Crippen molar-refractivity contribution < 1.29 is 9.53 Å². The number of benzene rings is 2. The molecular formula is C18H20ClNO2S. The summed E-state index contributed by atoms with van der Waals surface area (Å²) in [4.78, 5) is 11.8.